The van der Waals surface area contributed by atoms with Crippen LogP contribution >= 0.6 is 0 Å². The van der Waals surface area contributed by atoms with Crippen molar-refractivity contribution in [3.05, 3.63) is 60.2 Å². The van der Waals surface area contributed by atoms with Crippen LogP contribution in [0.2, 0.25) is 0 Å². The molecule has 24 heavy (non-hydrogen) atoms. The molecule has 1 saturated carbocycles. The van der Waals surface area contributed by atoms with E-state index in [2.05, 4.69) is 73.3 Å². The first-order valence-electron chi connectivity index (χ1n) is 9.37. The van der Waals surface area contributed by atoms with E-state index in [-0.39, 0.29) is 6.23 Å². The van der Waals surface area contributed by atoms with Crippen LogP contribution in [0.5, 0.6) is 5.75 Å². The largest absolute Gasteiger partial charge is 0.471 e. The van der Waals surface area contributed by atoms with Crippen molar-refractivity contribution >= 4 is 5.69 Å². The van der Waals surface area contributed by atoms with Crippen molar-refractivity contribution in [3.8, 4) is 5.75 Å². The molecule has 2 aromatic rings. The molecule has 2 aromatic carbocycles. The van der Waals surface area contributed by atoms with E-state index in [1.54, 1.807) is 0 Å². The first-order valence-corrected chi connectivity index (χ1v) is 9.37. The molecule has 0 N–H and O–H groups in total. The van der Waals surface area contributed by atoms with Crippen LogP contribution in [0.15, 0.2) is 54.6 Å². The van der Waals surface area contributed by atoms with Crippen molar-refractivity contribution < 1.29 is 4.74 Å². The zero-order chi connectivity index (χ0) is 16.8. The summed E-state index contributed by atoms with van der Waals surface area (Å²) in [5, 5.41) is 0. The third kappa shape index (κ3) is 3.92. The van der Waals surface area contributed by atoms with Gasteiger partial charge in [-0.1, -0.05) is 55.7 Å². The van der Waals surface area contributed by atoms with Crippen LogP contribution in [0.25, 0.3) is 0 Å². The van der Waals surface area contributed by atoms with Crippen molar-refractivity contribution in [3.63, 3.8) is 0 Å². The van der Waals surface area contributed by atoms with Gasteiger partial charge in [-0.2, -0.15) is 0 Å². The van der Waals surface area contributed by atoms with E-state index >= 15 is 0 Å². The smallest absolute Gasteiger partial charge is 0.169 e. The Hall–Kier alpha value is -1.96. The minimum atomic E-state index is 0.0159. The highest BCUT2D eigenvalue weighted by Gasteiger charge is 2.21. The van der Waals surface area contributed by atoms with E-state index in [1.165, 1.54) is 43.4 Å². The average Bonchev–Trinajstić information content (AvgIpc) is 2.64. The Kier molecular flexibility index (Phi) is 5.79. The van der Waals surface area contributed by atoms with Crippen LogP contribution in [-0.2, 0) is 0 Å². The van der Waals surface area contributed by atoms with E-state index in [0.717, 1.165) is 12.3 Å². The molecule has 1 aliphatic carbocycles. The molecule has 1 aliphatic rings. The maximum atomic E-state index is 6.43. The predicted molar refractivity (Wildman–Crippen MR) is 102 cm³/mol. The Morgan fingerprint density at radius 2 is 1.62 bits per heavy atom. The van der Waals surface area contributed by atoms with Gasteiger partial charge >= 0.3 is 0 Å². The summed E-state index contributed by atoms with van der Waals surface area (Å²) in [4.78, 5) is 2.30. The maximum Gasteiger partial charge on any atom is 0.169 e. The summed E-state index contributed by atoms with van der Waals surface area (Å²) in [5.41, 5.74) is 2.61. The molecule has 0 aliphatic heterocycles. The Balaban J connectivity index is 1.77. The molecule has 2 heteroatoms. The topological polar surface area (TPSA) is 12.5 Å². The summed E-state index contributed by atoms with van der Waals surface area (Å²) in [6.45, 7) is 5.25. The molecular formula is C22H29NO. The number of rotatable bonds is 6. The number of nitrogens with zero attached hydrogens (tertiary/aromatic N) is 1. The molecule has 3 rings (SSSR count). The summed E-state index contributed by atoms with van der Waals surface area (Å²) in [5.74, 6) is 1.72. The van der Waals surface area contributed by atoms with E-state index in [0.29, 0.717) is 5.92 Å². The molecule has 1 fully saturated rings. The highest BCUT2D eigenvalue weighted by molar-refractivity contribution is 5.47. The lowest BCUT2D eigenvalue weighted by Gasteiger charge is -2.32. The molecule has 0 heterocycles. The quantitative estimate of drug-likeness (QED) is 0.606. The van der Waals surface area contributed by atoms with Gasteiger partial charge < -0.3 is 9.64 Å². The first kappa shape index (κ1) is 16.9. The minimum Gasteiger partial charge on any atom is -0.471 e. The number of benzene rings is 2. The molecule has 1 atom stereocenters. The van der Waals surface area contributed by atoms with Gasteiger partial charge in [0.25, 0.3) is 0 Å². The van der Waals surface area contributed by atoms with Gasteiger partial charge in [-0.15, -0.1) is 0 Å². The number of para-hydroxylation sites is 2. The standard InChI is InChI=1S/C22H29NO/c1-3-23(20-14-8-5-9-15-20)18(2)24-22-17-11-10-16-21(22)19-12-6-4-7-13-19/h5,8-11,14-19H,3-4,6-7,12-13H2,1-2H3. The summed E-state index contributed by atoms with van der Waals surface area (Å²) in [6.07, 6.45) is 6.69. The molecular weight excluding hydrogens is 294 g/mol. The second kappa shape index (κ2) is 8.23. The lowest BCUT2D eigenvalue weighted by Crippen LogP contribution is -2.37. The molecule has 0 bridgehead atoms. The molecule has 0 amide bonds. The van der Waals surface area contributed by atoms with E-state index in [4.69, 9.17) is 4.74 Å². The normalized spacial score (nSPS) is 16.6. The van der Waals surface area contributed by atoms with Crippen LogP contribution in [0.1, 0.15) is 57.4 Å². The predicted octanol–water partition coefficient (Wildman–Crippen LogP) is 5.99. The van der Waals surface area contributed by atoms with Crippen molar-refractivity contribution in [1.82, 2.24) is 0 Å². The molecule has 0 spiro atoms. The minimum absolute atomic E-state index is 0.0159. The van der Waals surface area contributed by atoms with E-state index in [1.807, 2.05) is 0 Å². The van der Waals surface area contributed by atoms with Gasteiger partial charge in [-0.25, -0.2) is 0 Å². The van der Waals surface area contributed by atoms with Gasteiger partial charge in [0, 0.05) is 12.2 Å². The second-order valence-electron chi connectivity index (χ2n) is 6.71. The Bertz CT molecular complexity index is 619. The van der Waals surface area contributed by atoms with E-state index in [9.17, 15) is 0 Å². The highest BCUT2D eigenvalue weighted by atomic mass is 16.5. The fourth-order valence-corrected chi connectivity index (χ4v) is 3.86. The van der Waals surface area contributed by atoms with Gasteiger partial charge in [0.1, 0.15) is 5.75 Å². The number of ether oxygens (including phenoxy) is 1. The number of anilines is 1. The van der Waals surface area contributed by atoms with Gasteiger partial charge in [0.2, 0.25) is 0 Å². The fraction of sp³-hybridized carbons (Fsp3) is 0.455. The Morgan fingerprint density at radius 3 is 2.33 bits per heavy atom. The lowest BCUT2D eigenvalue weighted by atomic mass is 9.84. The van der Waals surface area contributed by atoms with Crippen molar-refractivity contribution in [1.29, 1.82) is 0 Å². The lowest BCUT2D eigenvalue weighted by molar-refractivity contribution is 0.212. The number of hydrogen-bond acceptors (Lipinski definition) is 2. The van der Waals surface area contributed by atoms with Crippen molar-refractivity contribution in [2.45, 2.75) is 58.1 Å². The highest BCUT2D eigenvalue weighted by Crippen LogP contribution is 2.37. The monoisotopic (exact) mass is 323 g/mol. The van der Waals surface area contributed by atoms with Gasteiger partial charge in [-0.05, 0) is 56.4 Å². The third-order valence-corrected chi connectivity index (χ3v) is 5.13. The first-order chi connectivity index (χ1) is 11.8. The maximum absolute atomic E-state index is 6.43. The molecule has 1 unspecified atom stereocenters. The van der Waals surface area contributed by atoms with Crippen LogP contribution in [0.3, 0.4) is 0 Å². The van der Waals surface area contributed by atoms with Crippen LogP contribution in [0, 0.1) is 0 Å². The number of hydrogen-bond donors (Lipinski definition) is 0. The SMILES string of the molecule is CCN(c1ccccc1)C(C)Oc1ccccc1C1CCCCC1. The van der Waals surface area contributed by atoms with Crippen molar-refractivity contribution in [2.75, 3.05) is 11.4 Å². The molecule has 128 valence electrons. The fourth-order valence-electron chi connectivity index (χ4n) is 3.86. The molecule has 0 saturated heterocycles. The summed E-state index contributed by atoms with van der Waals surface area (Å²) in [6, 6.07) is 19.2. The molecule has 2 nitrogen and oxygen atoms in total. The molecule has 0 aromatic heterocycles. The second-order valence-corrected chi connectivity index (χ2v) is 6.71. The summed E-state index contributed by atoms with van der Waals surface area (Å²) < 4.78 is 6.43. The average molecular weight is 323 g/mol. The van der Waals surface area contributed by atoms with Crippen LogP contribution < -0.4 is 9.64 Å². The zero-order valence-corrected chi connectivity index (χ0v) is 14.9. The zero-order valence-electron chi connectivity index (χ0n) is 14.9. The Labute approximate surface area is 146 Å². The van der Waals surface area contributed by atoms with Gasteiger partial charge in [0.05, 0.1) is 0 Å². The molecule has 0 radical (unpaired) electrons. The van der Waals surface area contributed by atoms with Crippen LogP contribution in [0.4, 0.5) is 5.69 Å². The van der Waals surface area contributed by atoms with Crippen molar-refractivity contribution in [2.24, 2.45) is 0 Å². The van der Waals surface area contributed by atoms with Crippen LogP contribution in [-0.4, -0.2) is 12.8 Å². The van der Waals surface area contributed by atoms with Gasteiger partial charge in [0.15, 0.2) is 6.23 Å². The van der Waals surface area contributed by atoms with E-state index < -0.39 is 0 Å². The Morgan fingerprint density at radius 1 is 0.958 bits per heavy atom. The van der Waals surface area contributed by atoms with Gasteiger partial charge in [-0.3, -0.25) is 0 Å². The third-order valence-electron chi connectivity index (χ3n) is 5.13. The summed E-state index contributed by atoms with van der Waals surface area (Å²) >= 11 is 0. The summed E-state index contributed by atoms with van der Waals surface area (Å²) in [7, 11) is 0.